The molecule has 0 aromatic heterocycles. The van der Waals surface area contributed by atoms with Crippen molar-refractivity contribution in [2.24, 2.45) is 0 Å². The van der Waals surface area contributed by atoms with Gasteiger partial charge >= 0.3 is 6.61 Å². The van der Waals surface area contributed by atoms with E-state index in [4.69, 9.17) is 11.2 Å². The third-order valence-electron chi connectivity index (χ3n) is 4.48. The van der Waals surface area contributed by atoms with Gasteiger partial charge in [-0.05, 0) is 36.4 Å². The number of alkyl halides is 2. The fraction of sp³-hybridized carbons (Fsp3) is 0.167. The average Bonchev–Trinajstić information content (AvgIpc) is 2.74. The second kappa shape index (κ2) is 10.3. The number of halogens is 2. The number of benzene rings is 3. The van der Waals surface area contributed by atoms with E-state index in [1.54, 1.807) is 12.1 Å². The van der Waals surface area contributed by atoms with Crippen LogP contribution in [0.15, 0.2) is 78.9 Å². The highest BCUT2D eigenvalue weighted by Gasteiger charge is 2.19. The van der Waals surface area contributed by atoms with Crippen LogP contribution in [0.25, 0.3) is 0 Å². The molecule has 0 heterocycles. The number of quaternary nitrogens is 1. The summed E-state index contributed by atoms with van der Waals surface area (Å²) in [5, 5.41) is 2.18. The van der Waals surface area contributed by atoms with Crippen molar-refractivity contribution >= 4 is 0 Å². The molecule has 0 amide bonds. The molecular weight excluding hydrogens is 372 g/mol. The lowest BCUT2D eigenvalue weighted by atomic mass is 9.98. The third kappa shape index (κ3) is 5.81. The number of hydrogen-bond acceptors (Lipinski definition) is 2. The molecule has 0 unspecified atom stereocenters. The highest BCUT2D eigenvalue weighted by Crippen LogP contribution is 2.23. The molecule has 1 atom stereocenters. The van der Waals surface area contributed by atoms with Crippen molar-refractivity contribution in [2.45, 2.75) is 19.2 Å². The van der Waals surface area contributed by atoms with Crippen molar-refractivity contribution in [3.8, 4) is 23.8 Å². The lowest BCUT2D eigenvalue weighted by Gasteiger charge is -2.18. The van der Waals surface area contributed by atoms with Crippen LogP contribution < -0.4 is 14.8 Å². The summed E-state index contributed by atoms with van der Waals surface area (Å²) in [6.07, 6.45) is 5.30. The maximum absolute atomic E-state index is 12.4. The molecule has 0 radical (unpaired) electrons. The number of terminal acetylenes is 1. The Labute approximate surface area is 169 Å². The second-order valence-electron chi connectivity index (χ2n) is 6.38. The van der Waals surface area contributed by atoms with Gasteiger partial charge in [-0.1, -0.05) is 48.4 Å². The van der Waals surface area contributed by atoms with Gasteiger partial charge < -0.3 is 14.8 Å². The van der Waals surface area contributed by atoms with Gasteiger partial charge in [-0.15, -0.1) is 6.42 Å². The molecule has 3 nitrogen and oxygen atoms in total. The molecule has 2 N–H and O–H groups in total. The van der Waals surface area contributed by atoms with E-state index in [0.29, 0.717) is 6.54 Å². The number of ether oxygens (including phenoxy) is 2. The van der Waals surface area contributed by atoms with Gasteiger partial charge in [0, 0.05) is 16.7 Å². The molecule has 29 heavy (non-hydrogen) atoms. The van der Waals surface area contributed by atoms with Gasteiger partial charge in [0.1, 0.15) is 30.7 Å². The number of nitrogens with two attached hydrogens (primary N) is 1. The Kier molecular flexibility index (Phi) is 7.21. The van der Waals surface area contributed by atoms with Crippen molar-refractivity contribution < 1.29 is 23.6 Å². The predicted molar refractivity (Wildman–Crippen MR) is 108 cm³/mol. The van der Waals surface area contributed by atoms with Crippen LogP contribution in [0.5, 0.6) is 11.5 Å². The van der Waals surface area contributed by atoms with Crippen LogP contribution in [-0.2, 0) is 6.54 Å². The standard InChI is InChI=1S/C24H21F2NO2/c1-2-16-28-22-11-7-6-10-20(22)17-27-23(18-8-4-3-5-9-18)19-12-14-21(15-13-19)29-24(25)26/h1,3-15,23-24,27H,16-17H2/p+1/t23-/m1/s1. The van der Waals surface area contributed by atoms with Gasteiger partial charge in [0.05, 0.1) is 0 Å². The lowest BCUT2D eigenvalue weighted by Crippen LogP contribution is -2.83. The summed E-state index contributed by atoms with van der Waals surface area (Å²) in [7, 11) is 0. The zero-order valence-electron chi connectivity index (χ0n) is 15.8. The number of hydrogen-bond donors (Lipinski definition) is 1. The van der Waals surface area contributed by atoms with Gasteiger partial charge in [-0.25, -0.2) is 0 Å². The monoisotopic (exact) mass is 394 g/mol. The topological polar surface area (TPSA) is 35.1 Å². The van der Waals surface area contributed by atoms with Gasteiger partial charge in [0.25, 0.3) is 0 Å². The maximum Gasteiger partial charge on any atom is 0.387 e. The quantitative estimate of drug-likeness (QED) is 0.554. The van der Waals surface area contributed by atoms with Gasteiger partial charge in [-0.2, -0.15) is 8.78 Å². The highest BCUT2D eigenvalue weighted by atomic mass is 19.3. The van der Waals surface area contributed by atoms with Crippen molar-refractivity contribution in [1.29, 1.82) is 0 Å². The minimum absolute atomic E-state index is 0.0162. The molecule has 0 bridgehead atoms. The van der Waals surface area contributed by atoms with E-state index in [2.05, 4.69) is 16.0 Å². The van der Waals surface area contributed by atoms with E-state index in [1.165, 1.54) is 0 Å². The summed E-state index contributed by atoms with van der Waals surface area (Å²) in [6.45, 7) is -1.96. The van der Waals surface area contributed by atoms with Crippen molar-refractivity contribution in [3.05, 3.63) is 95.6 Å². The van der Waals surface area contributed by atoms with E-state index in [0.717, 1.165) is 22.4 Å². The van der Waals surface area contributed by atoms with Crippen LogP contribution in [0, 0.1) is 12.3 Å². The Hall–Kier alpha value is -3.36. The predicted octanol–water partition coefficient (Wildman–Crippen LogP) is 4.15. The normalized spacial score (nSPS) is 11.7. The van der Waals surface area contributed by atoms with E-state index in [1.807, 2.05) is 66.7 Å². The Morgan fingerprint density at radius 2 is 1.52 bits per heavy atom. The summed E-state index contributed by atoms with van der Waals surface area (Å²) in [5.74, 6) is 3.38. The molecule has 148 valence electrons. The molecule has 0 fully saturated rings. The van der Waals surface area contributed by atoms with Crippen molar-refractivity contribution in [2.75, 3.05) is 6.61 Å². The summed E-state index contributed by atoms with van der Waals surface area (Å²) in [6, 6.07) is 24.5. The van der Waals surface area contributed by atoms with Crippen LogP contribution in [0.2, 0.25) is 0 Å². The summed E-state index contributed by atoms with van der Waals surface area (Å²) in [5.41, 5.74) is 3.12. The van der Waals surface area contributed by atoms with E-state index < -0.39 is 6.61 Å². The van der Waals surface area contributed by atoms with Gasteiger partial charge in [-0.3, -0.25) is 0 Å². The molecule has 5 heteroatoms. The largest absolute Gasteiger partial charge is 0.480 e. The number of rotatable bonds is 9. The molecule has 0 saturated heterocycles. The second-order valence-corrected chi connectivity index (χ2v) is 6.38. The van der Waals surface area contributed by atoms with Crippen molar-refractivity contribution in [1.82, 2.24) is 0 Å². The van der Waals surface area contributed by atoms with Gasteiger partial charge in [0.2, 0.25) is 0 Å². The first-order chi connectivity index (χ1) is 14.2. The fourth-order valence-corrected chi connectivity index (χ4v) is 3.16. The summed E-state index contributed by atoms with van der Waals surface area (Å²) in [4.78, 5) is 0. The summed E-state index contributed by atoms with van der Waals surface area (Å²) < 4.78 is 35.0. The summed E-state index contributed by atoms with van der Waals surface area (Å²) >= 11 is 0. The van der Waals surface area contributed by atoms with E-state index in [-0.39, 0.29) is 18.4 Å². The average molecular weight is 394 g/mol. The zero-order chi connectivity index (χ0) is 20.5. The fourth-order valence-electron chi connectivity index (χ4n) is 3.16. The Morgan fingerprint density at radius 1 is 0.862 bits per heavy atom. The molecule has 3 rings (SSSR count). The minimum atomic E-state index is -2.84. The minimum Gasteiger partial charge on any atom is -0.480 e. The Bertz CT molecular complexity index is 937. The van der Waals surface area contributed by atoms with Crippen molar-refractivity contribution in [3.63, 3.8) is 0 Å². The Balaban J connectivity index is 1.82. The van der Waals surface area contributed by atoms with E-state index in [9.17, 15) is 8.78 Å². The number of para-hydroxylation sites is 1. The molecule has 0 spiro atoms. The molecule has 3 aromatic rings. The first-order valence-corrected chi connectivity index (χ1v) is 9.24. The van der Waals surface area contributed by atoms with E-state index >= 15 is 0 Å². The van der Waals surface area contributed by atoms with Gasteiger partial charge in [0.15, 0.2) is 0 Å². The van der Waals surface area contributed by atoms with Crippen LogP contribution in [0.1, 0.15) is 22.7 Å². The smallest absolute Gasteiger partial charge is 0.387 e. The lowest BCUT2D eigenvalue weighted by molar-refractivity contribution is -0.702. The maximum atomic E-state index is 12.4. The first-order valence-electron chi connectivity index (χ1n) is 9.24. The molecule has 0 saturated carbocycles. The highest BCUT2D eigenvalue weighted by molar-refractivity contribution is 5.35. The third-order valence-corrected chi connectivity index (χ3v) is 4.48. The van der Waals surface area contributed by atoms with Crippen LogP contribution >= 0.6 is 0 Å². The zero-order valence-corrected chi connectivity index (χ0v) is 15.8. The first kappa shape index (κ1) is 20.4. The Morgan fingerprint density at radius 3 is 2.21 bits per heavy atom. The molecule has 0 aliphatic heterocycles. The molecule has 3 aromatic carbocycles. The van der Waals surface area contributed by atoms with Crippen LogP contribution in [0.3, 0.4) is 0 Å². The SMILES string of the molecule is C#CCOc1ccccc1C[NH2+][C@H](c1ccccc1)c1ccc(OC(F)F)cc1. The molecule has 0 aliphatic rings. The van der Waals surface area contributed by atoms with Crippen LogP contribution in [0.4, 0.5) is 8.78 Å². The molecule has 0 aliphatic carbocycles. The molecular formula is C24H22F2NO2+. The van der Waals surface area contributed by atoms with Crippen LogP contribution in [-0.4, -0.2) is 13.2 Å².